The summed E-state index contributed by atoms with van der Waals surface area (Å²) in [4.78, 5) is 17.5. The highest BCUT2D eigenvalue weighted by Crippen LogP contribution is 2.38. The van der Waals surface area contributed by atoms with E-state index in [9.17, 15) is 9.90 Å². The summed E-state index contributed by atoms with van der Waals surface area (Å²) >= 11 is 1.53. The van der Waals surface area contributed by atoms with Crippen molar-refractivity contribution in [3.05, 3.63) is 42.5 Å². The topological polar surface area (TPSA) is 85.1 Å². The minimum atomic E-state index is -0.901. The van der Waals surface area contributed by atoms with Gasteiger partial charge >= 0.3 is 5.97 Å². The van der Waals surface area contributed by atoms with Crippen molar-refractivity contribution >= 4 is 38.3 Å². The molecule has 0 aliphatic carbocycles. The average Bonchev–Trinajstić information content (AvgIpc) is 3.26. The lowest BCUT2D eigenvalue weighted by atomic mass is 10.0. The van der Waals surface area contributed by atoms with Gasteiger partial charge in [0.25, 0.3) is 0 Å². The lowest BCUT2D eigenvalue weighted by Gasteiger charge is -2.19. The molecule has 1 atom stereocenters. The average molecular weight is 426 g/mol. The number of ether oxygens (including phenoxy) is 2. The first kappa shape index (κ1) is 20.0. The third kappa shape index (κ3) is 3.43. The monoisotopic (exact) mass is 425 g/mol. The Bertz CT molecular complexity index is 1210. The molecule has 0 radical (unpaired) electrons. The quantitative estimate of drug-likeness (QED) is 0.444. The second kappa shape index (κ2) is 7.87. The molecule has 0 aliphatic rings. The number of benzene rings is 2. The summed E-state index contributed by atoms with van der Waals surface area (Å²) in [7, 11) is 3.25. The third-order valence-electron chi connectivity index (χ3n) is 5.04. The van der Waals surface area contributed by atoms with Crippen LogP contribution in [-0.4, -0.2) is 40.7 Å². The van der Waals surface area contributed by atoms with Crippen LogP contribution in [0.4, 0.5) is 5.82 Å². The highest BCUT2D eigenvalue weighted by atomic mass is 32.1. The van der Waals surface area contributed by atoms with Crippen molar-refractivity contribution in [3.63, 3.8) is 0 Å². The van der Waals surface area contributed by atoms with E-state index in [1.165, 1.54) is 11.3 Å². The van der Waals surface area contributed by atoms with Crippen LogP contribution < -0.4 is 14.8 Å². The number of methoxy groups -OCH3 is 2. The molecular weight excluding hydrogens is 402 g/mol. The van der Waals surface area contributed by atoms with Crippen molar-refractivity contribution in [1.29, 1.82) is 0 Å². The summed E-state index contributed by atoms with van der Waals surface area (Å²) in [5, 5.41) is 13.0. The zero-order valence-electron chi connectivity index (χ0n) is 17.2. The molecule has 2 heterocycles. The van der Waals surface area contributed by atoms with Gasteiger partial charge in [0.1, 0.15) is 29.1 Å². The molecule has 30 heavy (non-hydrogen) atoms. The Morgan fingerprint density at radius 1 is 1.10 bits per heavy atom. The highest BCUT2D eigenvalue weighted by molar-refractivity contribution is 7.23. The van der Waals surface area contributed by atoms with E-state index in [1.54, 1.807) is 14.2 Å². The number of anilines is 1. The Labute approximate surface area is 177 Å². The summed E-state index contributed by atoms with van der Waals surface area (Å²) in [5.41, 5.74) is 2.52. The van der Waals surface area contributed by atoms with Crippen molar-refractivity contribution in [2.45, 2.75) is 19.9 Å². The largest absolute Gasteiger partial charge is 0.497 e. The fourth-order valence-corrected chi connectivity index (χ4v) is 4.48. The molecule has 0 bridgehead atoms. The van der Waals surface area contributed by atoms with Crippen LogP contribution in [0.5, 0.6) is 11.5 Å². The smallest absolute Gasteiger partial charge is 0.326 e. The number of aromatic nitrogens is 2. The molecule has 1 unspecified atom stereocenters. The maximum Gasteiger partial charge on any atom is 0.326 e. The van der Waals surface area contributed by atoms with Gasteiger partial charge in [0, 0.05) is 5.56 Å². The summed E-state index contributed by atoms with van der Waals surface area (Å²) in [5.74, 6) is 1.16. The summed E-state index contributed by atoms with van der Waals surface area (Å²) < 4.78 is 13.6. The van der Waals surface area contributed by atoms with Crippen LogP contribution in [0, 0.1) is 5.92 Å². The molecule has 4 rings (SSSR count). The van der Waals surface area contributed by atoms with Crippen molar-refractivity contribution in [2.24, 2.45) is 5.92 Å². The van der Waals surface area contributed by atoms with Crippen LogP contribution in [0.2, 0.25) is 0 Å². The zero-order chi connectivity index (χ0) is 21.4. The van der Waals surface area contributed by atoms with Gasteiger partial charge in [0.2, 0.25) is 0 Å². The zero-order valence-corrected chi connectivity index (χ0v) is 18.0. The predicted molar refractivity (Wildman–Crippen MR) is 119 cm³/mol. The molecule has 8 heteroatoms. The molecule has 0 spiro atoms. The molecule has 0 saturated heterocycles. The first-order chi connectivity index (χ1) is 14.4. The molecule has 2 aromatic carbocycles. The number of hydrogen-bond donors (Lipinski definition) is 2. The minimum absolute atomic E-state index is 0.109. The van der Waals surface area contributed by atoms with Gasteiger partial charge in [-0.05, 0) is 48.4 Å². The first-order valence-corrected chi connectivity index (χ1v) is 10.4. The molecule has 0 aliphatic heterocycles. The number of nitrogens with zero attached hydrogens (tertiary/aromatic N) is 2. The van der Waals surface area contributed by atoms with Crippen molar-refractivity contribution < 1.29 is 19.4 Å². The van der Waals surface area contributed by atoms with E-state index in [1.807, 2.05) is 60.7 Å². The fourth-order valence-electron chi connectivity index (χ4n) is 3.42. The maximum atomic E-state index is 11.9. The van der Waals surface area contributed by atoms with Gasteiger partial charge < -0.3 is 19.9 Å². The normalized spacial score (nSPS) is 12.4. The van der Waals surface area contributed by atoms with E-state index < -0.39 is 12.0 Å². The van der Waals surface area contributed by atoms with Crippen LogP contribution in [0.1, 0.15) is 13.8 Å². The second-order valence-electron chi connectivity index (χ2n) is 7.30. The molecule has 156 valence electrons. The van der Waals surface area contributed by atoms with E-state index in [-0.39, 0.29) is 5.92 Å². The lowest BCUT2D eigenvalue weighted by Crippen LogP contribution is -2.34. The Hall–Kier alpha value is -3.26. The number of aliphatic carboxylic acids is 1. The third-order valence-corrected chi connectivity index (χ3v) is 6.05. The van der Waals surface area contributed by atoms with E-state index in [0.29, 0.717) is 11.5 Å². The molecule has 4 aromatic rings. The van der Waals surface area contributed by atoms with Gasteiger partial charge in [-0.3, -0.25) is 4.40 Å². The van der Waals surface area contributed by atoms with E-state index >= 15 is 0 Å². The number of carbonyl (C=O) groups is 1. The van der Waals surface area contributed by atoms with Gasteiger partial charge in [-0.25, -0.2) is 9.78 Å². The lowest BCUT2D eigenvalue weighted by molar-refractivity contribution is -0.138. The predicted octanol–water partition coefficient (Wildman–Crippen LogP) is 4.75. The van der Waals surface area contributed by atoms with Gasteiger partial charge in [-0.1, -0.05) is 25.2 Å². The second-order valence-corrected chi connectivity index (χ2v) is 8.30. The van der Waals surface area contributed by atoms with Crippen LogP contribution in [0.15, 0.2) is 42.5 Å². The van der Waals surface area contributed by atoms with Gasteiger partial charge in [-0.2, -0.15) is 0 Å². The number of thiazole rings is 1. The number of hydrogen-bond acceptors (Lipinski definition) is 6. The number of carboxylic acids is 1. The van der Waals surface area contributed by atoms with E-state index in [0.717, 1.165) is 32.2 Å². The number of rotatable bonds is 7. The van der Waals surface area contributed by atoms with Crippen LogP contribution >= 0.6 is 11.3 Å². The van der Waals surface area contributed by atoms with E-state index in [4.69, 9.17) is 14.5 Å². The van der Waals surface area contributed by atoms with Crippen molar-refractivity contribution in [1.82, 2.24) is 9.38 Å². The molecule has 0 amide bonds. The summed E-state index contributed by atoms with van der Waals surface area (Å²) in [6.07, 6.45) is 0. The van der Waals surface area contributed by atoms with Gasteiger partial charge in [-0.15, -0.1) is 0 Å². The SMILES string of the molecule is COc1ccc(-c2nc3sc4cc(OC)ccc4n3c2NC(C(=O)O)C(C)C)cc1. The molecule has 7 nitrogen and oxygen atoms in total. The Morgan fingerprint density at radius 3 is 2.37 bits per heavy atom. The van der Waals surface area contributed by atoms with Crippen molar-refractivity contribution in [2.75, 3.05) is 19.5 Å². The molecule has 0 saturated carbocycles. The number of fused-ring (bicyclic) bond motifs is 3. The number of nitrogens with one attached hydrogen (secondary N) is 1. The standard InChI is InChI=1S/C22H23N3O4S/c1-12(2)18(21(26)27)23-20-19(13-5-7-14(28-3)8-6-13)24-22-25(20)16-10-9-15(29-4)11-17(16)30-22/h5-12,18,23H,1-4H3,(H,26,27). The van der Waals surface area contributed by atoms with Gasteiger partial charge in [0.15, 0.2) is 4.96 Å². The number of imidazole rings is 1. The fraction of sp³-hybridized carbons (Fsp3) is 0.273. The Morgan fingerprint density at radius 2 is 1.77 bits per heavy atom. The molecule has 2 aromatic heterocycles. The highest BCUT2D eigenvalue weighted by Gasteiger charge is 2.26. The van der Waals surface area contributed by atoms with E-state index in [2.05, 4.69) is 5.32 Å². The maximum absolute atomic E-state index is 11.9. The number of carboxylic acid groups (broad SMARTS) is 1. The molecule has 2 N–H and O–H groups in total. The summed E-state index contributed by atoms with van der Waals surface area (Å²) in [6.45, 7) is 3.77. The van der Waals surface area contributed by atoms with Crippen molar-refractivity contribution in [3.8, 4) is 22.8 Å². The molecule has 0 fully saturated rings. The van der Waals surface area contributed by atoms with Crippen LogP contribution in [-0.2, 0) is 4.79 Å². The van der Waals surface area contributed by atoms with Crippen LogP contribution in [0.25, 0.3) is 26.4 Å². The molecular formula is C22H23N3O4S. The Balaban J connectivity index is 1.94. The summed E-state index contributed by atoms with van der Waals surface area (Å²) in [6, 6.07) is 12.6. The van der Waals surface area contributed by atoms with Gasteiger partial charge in [0.05, 0.1) is 24.4 Å². The minimum Gasteiger partial charge on any atom is -0.497 e. The Kier molecular flexibility index (Phi) is 5.26. The van der Waals surface area contributed by atoms with Crippen LogP contribution in [0.3, 0.4) is 0 Å². The first-order valence-electron chi connectivity index (χ1n) is 9.55.